The van der Waals surface area contributed by atoms with Gasteiger partial charge in [0.15, 0.2) is 0 Å². The smallest absolute Gasteiger partial charge is 0.407 e. The summed E-state index contributed by atoms with van der Waals surface area (Å²) < 4.78 is 35.7. The summed E-state index contributed by atoms with van der Waals surface area (Å²) in [5.41, 5.74) is 0. The van der Waals surface area contributed by atoms with Crippen molar-refractivity contribution in [1.82, 2.24) is 10.2 Å². The number of likely N-dealkylation sites (tertiary alicyclic amines) is 1. The van der Waals surface area contributed by atoms with E-state index in [2.05, 4.69) is 5.32 Å². The SMILES string of the molecule is O=C(NCCCCC(F)(F)F)C1CCCCN1C(=O)O. The number of nitrogens with one attached hydrogen (secondary N) is 1. The van der Waals surface area contributed by atoms with E-state index in [4.69, 9.17) is 5.11 Å². The second-order valence-electron chi connectivity index (χ2n) is 4.85. The summed E-state index contributed by atoms with van der Waals surface area (Å²) in [6, 6.07) is -0.719. The van der Waals surface area contributed by atoms with E-state index in [1.807, 2.05) is 0 Å². The molecule has 0 aromatic heterocycles. The number of carbonyl (C=O) groups is 2. The molecular formula is C12H19F3N2O3. The Labute approximate surface area is 115 Å². The van der Waals surface area contributed by atoms with E-state index in [-0.39, 0.29) is 19.4 Å². The zero-order valence-corrected chi connectivity index (χ0v) is 11.1. The van der Waals surface area contributed by atoms with Crippen molar-refractivity contribution in [2.75, 3.05) is 13.1 Å². The lowest BCUT2D eigenvalue weighted by molar-refractivity contribution is -0.135. The number of carboxylic acid groups (broad SMARTS) is 1. The first-order valence-corrected chi connectivity index (χ1v) is 6.65. The molecule has 5 nitrogen and oxygen atoms in total. The fraction of sp³-hybridized carbons (Fsp3) is 0.833. The minimum atomic E-state index is -4.17. The average molecular weight is 296 g/mol. The Kier molecular flexibility index (Phi) is 6.09. The molecule has 8 heteroatoms. The molecular weight excluding hydrogens is 277 g/mol. The Morgan fingerprint density at radius 1 is 1.25 bits per heavy atom. The number of rotatable bonds is 5. The lowest BCUT2D eigenvalue weighted by atomic mass is 10.0. The summed E-state index contributed by atoms with van der Waals surface area (Å²) in [6.07, 6.45) is -4.04. The molecule has 0 aliphatic carbocycles. The number of alkyl halides is 3. The number of hydrogen-bond acceptors (Lipinski definition) is 2. The highest BCUT2D eigenvalue weighted by Gasteiger charge is 2.31. The van der Waals surface area contributed by atoms with Gasteiger partial charge < -0.3 is 10.4 Å². The fourth-order valence-corrected chi connectivity index (χ4v) is 2.21. The Bertz CT molecular complexity index is 347. The molecule has 0 aromatic carbocycles. The van der Waals surface area contributed by atoms with Gasteiger partial charge in [0.25, 0.3) is 0 Å². The third kappa shape index (κ3) is 5.66. The van der Waals surface area contributed by atoms with Gasteiger partial charge in [-0.2, -0.15) is 13.2 Å². The van der Waals surface area contributed by atoms with Crippen molar-refractivity contribution in [1.29, 1.82) is 0 Å². The number of nitrogens with zero attached hydrogens (tertiary/aromatic N) is 1. The molecule has 20 heavy (non-hydrogen) atoms. The van der Waals surface area contributed by atoms with E-state index in [9.17, 15) is 22.8 Å². The largest absolute Gasteiger partial charge is 0.465 e. The number of halogens is 3. The number of carbonyl (C=O) groups excluding carboxylic acids is 1. The Morgan fingerprint density at radius 3 is 2.55 bits per heavy atom. The summed E-state index contributed by atoms with van der Waals surface area (Å²) in [7, 11) is 0. The van der Waals surface area contributed by atoms with Gasteiger partial charge in [0, 0.05) is 19.5 Å². The molecule has 1 fully saturated rings. The maximum Gasteiger partial charge on any atom is 0.407 e. The lowest BCUT2D eigenvalue weighted by Crippen LogP contribution is -2.51. The van der Waals surface area contributed by atoms with Gasteiger partial charge in [-0.25, -0.2) is 4.79 Å². The summed E-state index contributed by atoms with van der Waals surface area (Å²) in [5, 5.41) is 11.5. The van der Waals surface area contributed by atoms with Crippen LogP contribution in [0.4, 0.5) is 18.0 Å². The quantitative estimate of drug-likeness (QED) is 0.765. The monoisotopic (exact) mass is 296 g/mol. The predicted octanol–water partition coefficient (Wildman–Crippen LogP) is 2.37. The molecule has 2 amide bonds. The van der Waals surface area contributed by atoms with E-state index in [1.54, 1.807) is 0 Å². The summed E-state index contributed by atoms with van der Waals surface area (Å²) in [6.45, 7) is 0.459. The first kappa shape index (κ1) is 16.6. The highest BCUT2D eigenvalue weighted by Crippen LogP contribution is 2.22. The van der Waals surface area contributed by atoms with Crippen LogP contribution in [0.2, 0.25) is 0 Å². The van der Waals surface area contributed by atoms with Gasteiger partial charge in [-0.15, -0.1) is 0 Å². The van der Waals surface area contributed by atoms with E-state index in [0.29, 0.717) is 13.0 Å². The van der Waals surface area contributed by atoms with E-state index >= 15 is 0 Å². The number of unbranched alkanes of at least 4 members (excludes halogenated alkanes) is 1. The van der Waals surface area contributed by atoms with Crippen molar-refractivity contribution in [2.24, 2.45) is 0 Å². The molecule has 0 aromatic rings. The van der Waals surface area contributed by atoms with Crippen LogP contribution < -0.4 is 5.32 Å². The standard InChI is InChI=1S/C12H19F3N2O3/c13-12(14,15)6-2-3-7-16-10(18)9-5-1-4-8-17(9)11(19)20/h9H,1-8H2,(H,16,18)(H,19,20). The van der Waals surface area contributed by atoms with Crippen LogP contribution in [0.3, 0.4) is 0 Å². The maximum atomic E-state index is 11.9. The van der Waals surface area contributed by atoms with Crippen molar-refractivity contribution in [2.45, 2.75) is 50.7 Å². The van der Waals surface area contributed by atoms with Crippen molar-refractivity contribution < 1.29 is 27.9 Å². The van der Waals surface area contributed by atoms with Gasteiger partial charge in [0.2, 0.25) is 5.91 Å². The van der Waals surface area contributed by atoms with Crippen molar-refractivity contribution in [3.8, 4) is 0 Å². The zero-order chi connectivity index (χ0) is 15.2. The predicted molar refractivity (Wildman–Crippen MR) is 65.3 cm³/mol. The average Bonchev–Trinajstić information content (AvgIpc) is 2.36. The normalized spacial score (nSPS) is 19.8. The first-order chi connectivity index (χ1) is 9.31. The third-order valence-corrected chi connectivity index (χ3v) is 3.24. The molecule has 1 aliphatic rings. The second-order valence-corrected chi connectivity index (χ2v) is 4.85. The number of piperidine rings is 1. The van der Waals surface area contributed by atoms with Crippen LogP contribution in [0.5, 0.6) is 0 Å². The van der Waals surface area contributed by atoms with Crippen LogP contribution in [0.1, 0.15) is 38.5 Å². The van der Waals surface area contributed by atoms with Crippen LogP contribution in [0.25, 0.3) is 0 Å². The van der Waals surface area contributed by atoms with Crippen LogP contribution in [0, 0.1) is 0 Å². The Balaban J connectivity index is 2.29. The van der Waals surface area contributed by atoms with Crippen molar-refractivity contribution >= 4 is 12.0 Å². The van der Waals surface area contributed by atoms with Gasteiger partial charge in [-0.05, 0) is 32.1 Å². The van der Waals surface area contributed by atoms with Crippen LogP contribution >= 0.6 is 0 Å². The molecule has 0 radical (unpaired) electrons. The van der Waals surface area contributed by atoms with Gasteiger partial charge in [0.05, 0.1) is 0 Å². The summed E-state index contributed by atoms with van der Waals surface area (Å²) in [4.78, 5) is 23.9. The van der Waals surface area contributed by atoms with Gasteiger partial charge in [-0.1, -0.05) is 0 Å². The zero-order valence-electron chi connectivity index (χ0n) is 11.1. The highest BCUT2D eigenvalue weighted by atomic mass is 19.4. The van der Waals surface area contributed by atoms with Crippen LogP contribution in [-0.4, -0.2) is 47.3 Å². The highest BCUT2D eigenvalue weighted by molar-refractivity contribution is 5.85. The molecule has 116 valence electrons. The first-order valence-electron chi connectivity index (χ1n) is 6.65. The minimum absolute atomic E-state index is 0.0446. The molecule has 1 heterocycles. The van der Waals surface area contributed by atoms with E-state index in [0.717, 1.165) is 17.7 Å². The third-order valence-electron chi connectivity index (χ3n) is 3.24. The molecule has 2 N–H and O–H groups in total. The maximum absolute atomic E-state index is 11.9. The van der Waals surface area contributed by atoms with Crippen molar-refractivity contribution in [3.05, 3.63) is 0 Å². The molecule has 0 bridgehead atoms. The van der Waals surface area contributed by atoms with E-state index < -0.39 is 30.6 Å². The topological polar surface area (TPSA) is 69.6 Å². The van der Waals surface area contributed by atoms with Gasteiger partial charge in [-0.3, -0.25) is 9.69 Å². The molecule has 1 aliphatic heterocycles. The second kappa shape index (κ2) is 7.35. The Morgan fingerprint density at radius 2 is 1.95 bits per heavy atom. The van der Waals surface area contributed by atoms with Crippen molar-refractivity contribution in [3.63, 3.8) is 0 Å². The van der Waals surface area contributed by atoms with Gasteiger partial charge in [0.1, 0.15) is 6.04 Å². The van der Waals surface area contributed by atoms with Gasteiger partial charge >= 0.3 is 12.3 Å². The summed E-state index contributed by atoms with van der Waals surface area (Å²) in [5.74, 6) is -0.417. The lowest BCUT2D eigenvalue weighted by Gasteiger charge is -2.32. The number of hydrogen-bond donors (Lipinski definition) is 2. The molecule has 1 saturated heterocycles. The summed E-state index contributed by atoms with van der Waals surface area (Å²) >= 11 is 0. The molecule has 0 saturated carbocycles. The fourth-order valence-electron chi connectivity index (χ4n) is 2.21. The Hall–Kier alpha value is -1.47. The van der Waals surface area contributed by atoms with Crippen LogP contribution in [0.15, 0.2) is 0 Å². The molecule has 1 unspecified atom stereocenters. The van der Waals surface area contributed by atoms with Crippen LogP contribution in [-0.2, 0) is 4.79 Å². The molecule has 1 atom stereocenters. The number of amides is 2. The molecule has 1 rings (SSSR count). The molecule has 0 spiro atoms. The minimum Gasteiger partial charge on any atom is -0.465 e. The van der Waals surface area contributed by atoms with E-state index in [1.165, 1.54) is 0 Å².